The summed E-state index contributed by atoms with van der Waals surface area (Å²) >= 11 is 0. The molecule has 0 aromatic carbocycles. The van der Waals surface area contributed by atoms with Gasteiger partial charge >= 0.3 is 0 Å². The molecule has 2 unspecified atom stereocenters. The third-order valence-electron chi connectivity index (χ3n) is 3.52. The molecule has 2 fully saturated rings. The number of rotatable bonds is 3. The minimum absolute atomic E-state index is 0.181. The van der Waals surface area contributed by atoms with Crippen LogP contribution in [0.1, 0.15) is 25.7 Å². The number of nitrogens with zero attached hydrogens (tertiary/aromatic N) is 1. The molecular formula is C12H22N2O2. The third-order valence-corrected chi connectivity index (χ3v) is 3.52. The molecule has 0 spiro atoms. The second-order valence-electron chi connectivity index (χ2n) is 4.90. The Morgan fingerprint density at radius 1 is 1.44 bits per heavy atom. The molecule has 1 N–H and O–H groups in total. The van der Waals surface area contributed by atoms with Crippen molar-refractivity contribution in [3.8, 4) is 0 Å². The number of piperidine rings is 1. The zero-order valence-electron chi connectivity index (χ0n) is 10.1. The van der Waals surface area contributed by atoms with Crippen molar-refractivity contribution < 1.29 is 9.53 Å². The number of amides is 1. The summed E-state index contributed by atoms with van der Waals surface area (Å²) in [7, 11) is 1.90. The molecule has 2 saturated heterocycles. The fourth-order valence-corrected chi connectivity index (χ4v) is 2.56. The van der Waals surface area contributed by atoms with E-state index in [0.717, 1.165) is 51.9 Å². The van der Waals surface area contributed by atoms with E-state index >= 15 is 0 Å². The number of likely N-dealkylation sites (N-methyl/N-ethyl adjacent to an activating group) is 1. The van der Waals surface area contributed by atoms with E-state index in [1.54, 1.807) is 0 Å². The molecule has 2 rings (SSSR count). The first-order valence-corrected chi connectivity index (χ1v) is 6.34. The first-order valence-electron chi connectivity index (χ1n) is 6.34. The Hall–Kier alpha value is -0.610. The summed E-state index contributed by atoms with van der Waals surface area (Å²) in [6.07, 6.45) is 4.65. The van der Waals surface area contributed by atoms with Gasteiger partial charge in [-0.25, -0.2) is 0 Å². The van der Waals surface area contributed by atoms with Crippen molar-refractivity contribution in [1.82, 2.24) is 10.2 Å². The van der Waals surface area contributed by atoms with Gasteiger partial charge in [0.05, 0.1) is 12.0 Å². The van der Waals surface area contributed by atoms with Crippen molar-refractivity contribution in [3.63, 3.8) is 0 Å². The van der Waals surface area contributed by atoms with Crippen LogP contribution in [0, 0.1) is 5.92 Å². The molecule has 1 amide bonds. The van der Waals surface area contributed by atoms with Gasteiger partial charge in [-0.3, -0.25) is 4.79 Å². The number of carbonyl (C=O) groups is 1. The van der Waals surface area contributed by atoms with Gasteiger partial charge in [-0.2, -0.15) is 0 Å². The van der Waals surface area contributed by atoms with Gasteiger partial charge in [0.15, 0.2) is 0 Å². The molecule has 2 heterocycles. The third kappa shape index (κ3) is 2.95. The molecule has 2 atom stereocenters. The largest absolute Gasteiger partial charge is 0.376 e. The fourth-order valence-electron chi connectivity index (χ4n) is 2.56. The van der Waals surface area contributed by atoms with E-state index in [1.165, 1.54) is 0 Å². The first-order chi connectivity index (χ1) is 7.77. The van der Waals surface area contributed by atoms with E-state index in [4.69, 9.17) is 4.74 Å². The smallest absolute Gasteiger partial charge is 0.226 e. The van der Waals surface area contributed by atoms with E-state index in [9.17, 15) is 4.79 Å². The van der Waals surface area contributed by atoms with E-state index in [0.29, 0.717) is 0 Å². The normalized spacial score (nSPS) is 30.3. The highest BCUT2D eigenvalue weighted by atomic mass is 16.5. The number of hydrogen-bond donors (Lipinski definition) is 1. The SMILES string of the molecule is CN(CC1CCCO1)C(=O)C1CCCNC1. The molecule has 2 aliphatic heterocycles. The van der Waals surface area contributed by atoms with Gasteiger partial charge in [0.2, 0.25) is 5.91 Å². The lowest BCUT2D eigenvalue weighted by Gasteiger charge is -2.28. The second kappa shape index (κ2) is 5.64. The van der Waals surface area contributed by atoms with Crippen LogP contribution in [-0.4, -0.2) is 50.2 Å². The van der Waals surface area contributed by atoms with Crippen LogP contribution < -0.4 is 5.32 Å². The van der Waals surface area contributed by atoms with E-state index in [2.05, 4.69) is 5.32 Å². The van der Waals surface area contributed by atoms with Gasteiger partial charge < -0.3 is 15.0 Å². The van der Waals surface area contributed by atoms with Gasteiger partial charge in [-0.15, -0.1) is 0 Å². The Labute approximate surface area is 97.3 Å². The number of carbonyl (C=O) groups excluding carboxylic acids is 1. The minimum atomic E-state index is 0.181. The Kier molecular flexibility index (Phi) is 4.18. The Morgan fingerprint density at radius 2 is 2.31 bits per heavy atom. The van der Waals surface area contributed by atoms with Gasteiger partial charge in [-0.1, -0.05) is 0 Å². The van der Waals surface area contributed by atoms with Gasteiger partial charge in [0.1, 0.15) is 0 Å². The van der Waals surface area contributed by atoms with Crippen molar-refractivity contribution in [2.45, 2.75) is 31.8 Å². The fraction of sp³-hybridized carbons (Fsp3) is 0.917. The summed E-state index contributed by atoms with van der Waals surface area (Å²) in [4.78, 5) is 14.0. The van der Waals surface area contributed by atoms with Crippen LogP contribution in [0.3, 0.4) is 0 Å². The predicted octanol–water partition coefficient (Wildman–Crippen LogP) is 0.623. The quantitative estimate of drug-likeness (QED) is 0.767. The minimum Gasteiger partial charge on any atom is -0.376 e. The number of ether oxygens (including phenoxy) is 1. The summed E-state index contributed by atoms with van der Waals surface area (Å²) in [6, 6.07) is 0. The zero-order chi connectivity index (χ0) is 11.4. The van der Waals surface area contributed by atoms with Crippen LogP contribution >= 0.6 is 0 Å². The van der Waals surface area contributed by atoms with E-state index in [1.807, 2.05) is 11.9 Å². The second-order valence-corrected chi connectivity index (χ2v) is 4.90. The van der Waals surface area contributed by atoms with Crippen molar-refractivity contribution in [2.24, 2.45) is 5.92 Å². The molecule has 4 nitrogen and oxygen atoms in total. The maximum atomic E-state index is 12.1. The molecule has 0 aromatic rings. The average molecular weight is 226 g/mol. The standard InChI is InChI=1S/C12H22N2O2/c1-14(9-11-5-3-7-16-11)12(15)10-4-2-6-13-8-10/h10-11,13H,2-9H2,1H3. The summed E-state index contributed by atoms with van der Waals surface area (Å²) in [6.45, 7) is 3.51. The molecule has 92 valence electrons. The molecule has 0 aliphatic carbocycles. The Bertz CT molecular complexity index is 233. The van der Waals surface area contributed by atoms with Gasteiger partial charge in [-0.05, 0) is 32.2 Å². The van der Waals surface area contributed by atoms with Crippen LogP contribution in [0.5, 0.6) is 0 Å². The summed E-state index contributed by atoms with van der Waals surface area (Å²) in [5.74, 6) is 0.461. The molecular weight excluding hydrogens is 204 g/mol. The molecule has 4 heteroatoms. The van der Waals surface area contributed by atoms with Crippen molar-refractivity contribution in [2.75, 3.05) is 33.3 Å². The first kappa shape index (κ1) is 11.9. The molecule has 0 bridgehead atoms. The molecule has 0 saturated carbocycles. The lowest BCUT2D eigenvalue weighted by atomic mass is 9.98. The van der Waals surface area contributed by atoms with Crippen molar-refractivity contribution in [3.05, 3.63) is 0 Å². The molecule has 2 aliphatic rings. The maximum absolute atomic E-state index is 12.1. The summed E-state index contributed by atoms with van der Waals surface area (Å²) < 4.78 is 5.55. The van der Waals surface area contributed by atoms with E-state index in [-0.39, 0.29) is 17.9 Å². The highest BCUT2D eigenvalue weighted by molar-refractivity contribution is 5.78. The lowest BCUT2D eigenvalue weighted by molar-refractivity contribution is -0.136. The zero-order valence-corrected chi connectivity index (χ0v) is 10.1. The van der Waals surface area contributed by atoms with Crippen LogP contribution in [0.4, 0.5) is 0 Å². The molecule has 16 heavy (non-hydrogen) atoms. The van der Waals surface area contributed by atoms with Crippen LogP contribution in [0.2, 0.25) is 0 Å². The van der Waals surface area contributed by atoms with Crippen molar-refractivity contribution in [1.29, 1.82) is 0 Å². The monoisotopic (exact) mass is 226 g/mol. The summed E-state index contributed by atoms with van der Waals surface area (Å²) in [5, 5.41) is 3.29. The Balaban J connectivity index is 1.78. The van der Waals surface area contributed by atoms with Crippen molar-refractivity contribution >= 4 is 5.91 Å². The lowest BCUT2D eigenvalue weighted by Crippen LogP contribution is -2.43. The highest BCUT2D eigenvalue weighted by Gasteiger charge is 2.26. The predicted molar refractivity (Wildman–Crippen MR) is 62.2 cm³/mol. The Morgan fingerprint density at radius 3 is 2.94 bits per heavy atom. The topological polar surface area (TPSA) is 41.6 Å². The van der Waals surface area contributed by atoms with Crippen LogP contribution in [0.25, 0.3) is 0 Å². The number of hydrogen-bond acceptors (Lipinski definition) is 3. The number of nitrogens with one attached hydrogen (secondary N) is 1. The molecule has 0 aromatic heterocycles. The van der Waals surface area contributed by atoms with E-state index < -0.39 is 0 Å². The van der Waals surface area contributed by atoms with Crippen LogP contribution in [-0.2, 0) is 9.53 Å². The van der Waals surface area contributed by atoms with Gasteiger partial charge in [0, 0.05) is 26.7 Å². The molecule has 0 radical (unpaired) electrons. The maximum Gasteiger partial charge on any atom is 0.226 e. The average Bonchev–Trinajstić information content (AvgIpc) is 2.82. The summed E-state index contributed by atoms with van der Waals surface area (Å²) in [5.41, 5.74) is 0. The van der Waals surface area contributed by atoms with Crippen LogP contribution in [0.15, 0.2) is 0 Å². The highest BCUT2D eigenvalue weighted by Crippen LogP contribution is 2.16. The van der Waals surface area contributed by atoms with Gasteiger partial charge in [0.25, 0.3) is 0 Å².